The lowest BCUT2D eigenvalue weighted by molar-refractivity contribution is -0.152. The van der Waals surface area contributed by atoms with Crippen molar-refractivity contribution < 1.29 is 28.9 Å². The second kappa shape index (κ2) is 14.5. The summed E-state index contributed by atoms with van der Waals surface area (Å²) in [5.74, 6) is -0.258. The molecule has 3 N–H and O–H groups in total. The zero-order valence-electron chi connectivity index (χ0n) is 22.3. The summed E-state index contributed by atoms with van der Waals surface area (Å²) in [5, 5.41) is 22.9. The number of aliphatic hydroxyl groups excluding tert-OH is 2. The highest BCUT2D eigenvalue weighted by Crippen LogP contribution is 2.33. The lowest BCUT2D eigenvalue weighted by atomic mass is 9.87. The Balaban J connectivity index is 1.45. The maximum Gasteiger partial charge on any atom is 0.254 e. The van der Waals surface area contributed by atoms with Crippen LogP contribution in [0.2, 0.25) is 0 Å². The first kappa shape index (κ1) is 29.2. The van der Waals surface area contributed by atoms with Crippen LogP contribution in [0.4, 0.5) is 10.1 Å². The lowest BCUT2D eigenvalue weighted by Gasteiger charge is -2.34. The predicted molar refractivity (Wildman–Crippen MR) is 141 cm³/mol. The van der Waals surface area contributed by atoms with Crippen LogP contribution in [-0.2, 0) is 9.59 Å². The topological polar surface area (TPSA) is 102 Å². The van der Waals surface area contributed by atoms with E-state index in [1.165, 1.54) is 56.2 Å². The van der Waals surface area contributed by atoms with Gasteiger partial charge in [0.25, 0.3) is 11.8 Å². The van der Waals surface area contributed by atoms with Crippen molar-refractivity contribution >= 4 is 17.5 Å². The Morgan fingerprint density at radius 3 is 2.49 bits per heavy atom. The molecule has 2 aliphatic rings. The number of carbonyl (C=O) groups excluding carboxylic acids is 2. The zero-order chi connectivity index (χ0) is 26.8. The van der Waals surface area contributed by atoms with Gasteiger partial charge in [-0.25, -0.2) is 4.39 Å². The quantitative estimate of drug-likeness (QED) is 0.391. The third kappa shape index (κ3) is 8.57. The summed E-state index contributed by atoms with van der Waals surface area (Å²) in [4.78, 5) is 28.0. The Kier molecular flexibility index (Phi) is 11.4. The fourth-order valence-corrected chi connectivity index (χ4v) is 5.35. The predicted octanol–water partition coefficient (Wildman–Crippen LogP) is 3.10. The van der Waals surface area contributed by atoms with Crippen LogP contribution in [0.1, 0.15) is 64.7 Å². The van der Waals surface area contributed by atoms with Crippen molar-refractivity contribution in [3.8, 4) is 5.75 Å². The molecule has 1 aliphatic carbocycles. The normalized spacial score (nSPS) is 18.8. The lowest BCUT2D eigenvalue weighted by Crippen LogP contribution is -2.51. The van der Waals surface area contributed by atoms with E-state index in [1.54, 1.807) is 6.07 Å². The number of ether oxygens (including phenoxy) is 1. The summed E-state index contributed by atoms with van der Waals surface area (Å²) in [6, 6.07) is 4.70. The number of nitrogens with one attached hydrogen (secondary N) is 1. The van der Waals surface area contributed by atoms with Gasteiger partial charge in [0.05, 0.1) is 12.3 Å². The molecule has 0 aromatic heterocycles. The van der Waals surface area contributed by atoms with Gasteiger partial charge in [0.1, 0.15) is 11.6 Å². The van der Waals surface area contributed by atoms with Gasteiger partial charge in [0.2, 0.25) is 0 Å². The second-order valence-corrected chi connectivity index (χ2v) is 10.6. The van der Waals surface area contributed by atoms with E-state index in [2.05, 4.69) is 10.2 Å². The number of anilines is 1. The SMILES string of the molecule is CCCN(C)C(=O)[C@H](O)[C@@H](O)C(=O)NCC1CCN(c2ccc(F)cc2OCCC2CCCCC2)CC1. The molecule has 37 heavy (non-hydrogen) atoms. The Morgan fingerprint density at radius 1 is 1.11 bits per heavy atom. The van der Waals surface area contributed by atoms with Gasteiger partial charge in [-0.1, -0.05) is 39.0 Å². The number of piperidine rings is 1. The molecule has 0 bridgehead atoms. The van der Waals surface area contributed by atoms with Gasteiger partial charge in [-0.2, -0.15) is 0 Å². The molecule has 2 fully saturated rings. The van der Waals surface area contributed by atoms with E-state index in [4.69, 9.17) is 4.74 Å². The Labute approximate surface area is 220 Å². The summed E-state index contributed by atoms with van der Waals surface area (Å²) in [6.45, 7) is 4.74. The highest BCUT2D eigenvalue weighted by molar-refractivity contribution is 5.90. The van der Waals surface area contributed by atoms with Crippen molar-refractivity contribution in [1.29, 1.82) is 0 Å². The fourth-order valence-electron chi connectivity index (χ4n) is 5.35. The molecule has 9 heteroatoms. The van der Waals surface area contributed by atoms with Gasteiger partial charge < -0.3 is 30.1 Å². The highest BCUT2D eigenvalue weighted by atomic mass is 19.1. The Bertz CT molecular complexity index is 871. The van der Waals surface area contributed by atoms with Crippen molar-refractivity contribution in [2.75, 3.05) is 44.7 Å². The van der Waals surface area contributed by atoms with Gasteiger partial charge in [0.15, 0.2) is 12.2 Å². The maximum absolute atomic E-state index is 14.0. The van der Waals surface area contributed by atoms with E-state index in [-0.39, 0.29) is 11.7 Å². The van der Waals surface area contributed by atoms with E-state index in [9.17, 15) is 24.2 Å². The van der Waals surface area contributed by atoms with Gasteiger partial charge in [-0.15, -0.1) is 0 Å². The van der Waals surface area contributed by atoms with Crippen molar-refractivity contribution in [3.05, 3.63) is 24.0 Å². The minimum absolute atomic E-state index is 0.194. The highest BCUT2D eigenvalue weighted by Gasteiger charge is 2.32. The average molecular weight is 522 g/mol. The molecule has 0 radical (unpaired) electrons. The third-order valence-electron chi connectivity index (χ3n) is 7.71. The molecule has 1 saturated heterocycles. The molecular weight excluding hydrogens is 477 g/mol. The molecule has 8 nitrogen and oxygen atoms in total. The molecule has 1 aromatic rings. The van der Waals surface area contributed by atoms with Crippen LogP contribution >= 0.6 is 0 Å². The van der Waals surface area contributed by atoms with Crippen molar-refractivity contribution in [2.45, 2.75) is 76.9 Å². The minimum Gasteiger partial charge on any atom is -0.491 e. The number of amides is 2. The number of carbonyl (C=O) groups is 2. The first-order chi connectivity index (χ1) is 17.8. The van der Waals surface area contributed by atoms with E-state index >= 15 is 0 Å². The Hall–Kier alpha value is -2.39. The molecular formula is C28H44FN3O5. The number of likely N-dealkylation sites (N-methyl/N-ethyl adjacent to an activating group) is 1. The molecule has 208 valence electrons. The molecule has 2 amide bonds. The smallest absolute Gasteiger partial charge is 0.254 e. The van der Waals surface area contributed by atoms with Crippen LogP contribution in [0.3, 0.4) is 0 Å². The van der Waals surface area contributed by atoms with Crippen molar-refractivity contribution in [1.82, 2.24) is 10.2 Å². The van der Waals surface area contributed by atoms with Gasteiger partial charge in [-0.05, 0) is 49.7 Å². The van der Waals surface area contributed by atoms with E-state index in [0.717, 1.165) is 38.0 Å². The van der Waals surface area contributed by atoms with Gasteiger partial charge in [0, 0.05) is 39.3 Å². The molecule has 1 aliphatic heterocycles. The average Bonchev–Trinajstić information content (AvgIpc) is 2.91. The molecule has 0 spiro atoms. The van der Waals surface area contributed by atoms with Crippen LogP contribution in [0.5, 0.6) is 5.75 Å². The van der Waals surface area contributed by atoms with Gasteiger partial charge in [-0.3, -0.25) is 9.59 Å². The number of rotatable bonds is 12. The molecule has 1 heterocycles. The maximum atomic E-state index is 14.0. The van der Waals surface area contributed by atoms with Crippen molar-refractivity contribution in [2.24, 2.45) is 11.8 Å². The van der Waals surface area contributed by atoms with Crippen LogP contribution in [0, 0.1) is 17.7 Å². The number of halogens is 1. The Morgan fingerprint density at radius 2 is 1.81 bits per heavy atom. The molecule has 2 atom stereocenters. The fraction of sp³-hybridized carbons (Fsp3) is 0.714. The van der Waals surface area contributed by atoms with Crippen LogP contribution in [-0.4, -0.2) is 79.0 Å². The molecule has 1 saturated carbocycles. The summed E-state index contributed by atoms with van der Waals surface area (Å²) >= 11 is 0. The summed E-state index contributed by atoms with van der Waals surface area (Å²) in [5.41, 5.74) is 0.890. The van der Waals surface area contributed by atoms with Crippen LogP contribution in [0.25, 0.3) is 0 Å². The standard InChI is InChI=1S/C28H44FN3O5/c1-3-14-31(2)28(36)26(34)25(33)27(35)30-19-21-11-15-32(16-12-21)23-10-9-22(29)18-24(23)37-17-13-20-7-5-4-6-8-20/h9-10,18,20-21,25-26,33-34H,3-8,11-17,19H2,1-2H3,(H,30,35)/t25-,26-/m1/s1. The summed E-state index contributed by atoms with van der Waals surface area (Å²) in [6.07, 6.45) is 6.14. The number of nitrogens with zero attached hydrogens (tertiary/aromatic N) is 2. The third-order valence-corrected chi connectivity index (χ3v) is 7.71. The molecule has 1 aromatic carbocycles. The zero-order valence-corrected chi connectivity index (χ0v) is 22.3. The summed E-state index contributed by atoms with van der Waals surface area (Å²) in [7, 11) is 1.53. The molecule has 0 unspecified atom stereocenters. The number of aliphatic hydroxyl groups is 2. The second-order valence-electron chi connectivity index (χ2n) is 10.6. The van der Waals surface area contributed by atoms with Gasteiger partial charge >= 0.3 is 0 Å². The first-order valence-electron chi connectivity index (χ1n) is 13.9. The largest absolute Gasteiger partial charge is 0.491 e. The monoisotopic (exact) mass is 521 g/mol. The van der Waals surface area contributed by atoms with Crippen LogP contribution < -0.4 is 15.0 Å². The van der Waals surface area contributed by atoms with Crippen LogP contribution in [0.15, 0.2) is 18.2 Å². The minimum atomic E-state index is -1.81. The van der Waals surface area contributed by atoms with E-state index < -0.39 is 24.0 Å². The van der Waals surface area contributed by atoms with E-state index in [1.807, 2.05) is 6.92 Å². The number of hydrogen-bond acceptors (Lipinski definition) is 6. The number of benzene rings is 1. The van der Waals surface area contributed by atoms with E-state index in [0.29, 0.717) is 37.8 Å². The number of hydrogen-bond donors (Lipinski definition) is 3. The van der Waals surface area contributed by atoms with Crippen molar-refractivity contribution in [3.63, 3.8) is 0 Å². The summed E-state index contributed by atoms with van der Waals surface area (Å²) < 4.78 is 20.0. The molecule has 3 rings (SSSR count). The first-order valence-corrected chi connectivity index (χ1v) is 13.9.